The average Bonchev–Trinajstić information content (AvgIpc) is 2.72. The molecular weight excluding hydrogens is 414 g/mol. The molecule has 2 aromatic rings. The SMILES string of the molecule is CCCNC(=O)C1(c2ccc(NS(=O)(=O)c3ccc(NC(=O)CC)cc3)cc2)CCC1. The first-order chi connectivity index (χ1) is 14.8. The summed E-state index contributed by atoms with van der Waals surface area (Å²) in [6, 6.07) is 13.0. The van der Waals surface area contributed by atoms with Crippen LogP contribution in [0.25, 0.3) is 0 Å². The fraction of sp³-hybridized carbons (Fsp3) is 0.391. The molecule has 0 aliphatic heterocycles. The summed E-state index contributed by atoms with van der Waals surface area (Å²) in [5, 5.41) is 5.68. The number of benzene rings is 2. The Morgan fingerprint density at radius 2 is 1.55 bits per heavy atom. The van der Waals surface area contributed by atoms with Gasteiger partial charge >= 0.3 is 0 Å². The van der Waals surface area contributed by atoms with Crippen LogP contribution in [0.5, 0.6) is 0 Å². The van der Waals surface area contributed by atoms with E-state index in [-0.39, 0.29) is 16.7 Å². The molecule has 0 bridgehead atoms. The zero-order valence-corrected chi connectivity index (χ0v) is 18.7. The zero-order valence-electron chi connectivity index (χ0n) is 17.9. The molecule has 3 rings (SSSR count). The molecule has 8 heteroatoms. The van der Waals surface area contributed by atoms with Gasteiger partial charge in [-0.25, -0.2) is 8.42 Å². The van der Waals surface area contributed by atoms with Crippen LogP contribution in [0, 0.1) is 0 Å². The van der Waals surface area contributed by atoms with E-state index in [1.807, 2.05) is 19.1 Å². The minimum Gasteiger partial charge on any atom is -0.355 e. The first kappa shape index (κ1) is 22.8. The highest BCUT2D eigenvalue weighted by atomic mass is 32.2. The molecule has 31 heavy (non-hydrogen) atoms. The Labute approximate surface area is 183 Å². The number of hydrogen-bond acceptors (Lipinski definition) is 4. The van der Waals surface area contributed by atoms with Crippen LogP contribution >= 0.6 is 0 Å². The topological polar surface area (TPSA) is 104 Å². The van der Waals surface area contributed by atoms with E-state index in [9.17, 15) is 18.0 Å². The van der Waals surface area contributed by atoms with Crippen LogP contribution in [-0.4, -0.2) is 26.8 Å². The van der Waals surface area contributed by atoms with Gasteiger partial charge in [-0.3, -0.25) is 14.3 Å². The lowest BCUT2D eigenvalue weighted by Gasteiger charge is -2.40. The van der Waals surface area contributed by atoms with Crippen LogP contribution in [-0.2, 0) is 25.0 Å². The number of nitrogens with one attached hydrogen (secondary N) is 3. The summed E-state index contributed by atoms with van der Waals surface area (Å²) in [4.78, 5) is 24.2. The molecule has 1 fully saturated rings. The highest BCUT2D eigenvalue weighted by molar-refractivity contribution is 7.92. The monoisotopic (exact) mass is 443 g/mol. The molecule has 1 aliphatic carbocycles. The van der Waals surface area contributed by atoms with Crippen molar-refractivity contribution < 1.29 is 18.0 Å². The predicted octanol–water partition coefficient (Wildman–Crippen LogP) is 3.78. The van der Waals surface area contributed by atoms with Crippen molar-refractivity contribution in [1.82, 2.24) is 5.32 Å². The molecule has 0 heterocycles. The molecule has 2 amide bonds. The first-order valence-corrected chi connectivity index (χ1v) is 12.1. The van der Waals surface area contributed by atoms with E-state index >= 15 is 0 Å². The summed E-state index contributed by atoms with van der Waals surface area (Å²) in [6.07, 6.45) is 3.83. The lowest BCUT2D eigenvalue weighted by atomic mass is 9.64. The number of carbonyl (C=O) groups excluding carboxylic acids is 2. The molecule has 2 aromatic carbocycles. The maximum Gasteiger partial charge on any atom is 0.261 e. The van der Waals surface area contributed by atoms with E-state index in [1.165, 1.54) is 12.1 Å². The second-order valence-corrected chi connectivity index (χ2v) is 9.48. The minimum absolute atomic E-state index is 0.0455. The van der Waals surface area contributed by atoms with Crippen LogP contribution < -0.4 is 15.4 Å². The summed E-state index contributed by atoms with van der Waals surface area (Å²) < 4.78 is 28.0. The van der Waals surface area contributed by atoms with Gasteiger partial charge in [0.05, 0.1) is 10.3 Å². The number of sulfonamides is 1. The van der Waals surface area contributed by atoms with Crippen molar-refractivity contribution in [2.24, 2.45) is 0 Å². The third-order valence-electron chi connectivity index (χ3n) is 5.64. The maximum absolute atomic E-state index is 12.7. The minimum atomic E-state index is -3.77. The maximum atomic E-state index is 12.7. The number of amides is 2. The zero-order chi connectivity index (χ0) is 22.5. The second kappa shape index (κ2) is 9.51. The molecule has 0 atom stereocenters. The van der Waals surface area contributed by atoms with Crippen molar-refractivity contribution in [2.45, 2.75) is 56.3 Å². The van der Waals surface area contributed by atoms with E-state index in [0.29, 0.717) is 24.3 Å². The van der Waals surface area contributed by atoms with Crippen molar-refractivity contribution in [1.29, 1.82) is 0 Å². The van der Waals surface area contributed by atoms with Crippen molar-refractivity contribution >= 4 is 33.2 Å². The van der Waals surface area contributed by atoms with Crippen LogP contribution in [0.3, 0.4) is 0 Å². The molecule has 3 N–H and O–H groups in total. The van der Waals surface area contributed by atoms with Gasteiger partial charge in [0.2, 0.25) is 11.8 Å². The van der Waals surface area contributed by atoms with Gasteiger partial charge in [-0.1, -0.05) is 32.4 Å². The number of carbonyl (C=O) groups is 2. The molecule has 1 saturated carbocycles. The van der Waals surface area contributed by atoms with Gasteiger partial charge in [-0.05, 0) is 61.2 Å². The third kappa shape index (κ3) is 5.07. The van der Waals surface area contributed by atoms with E-state index in [4.69, 9.17) is 0 Å². The lowest BCUT2D eigenvalue weighted by Crippen LogP contribution is -2.49. The summed E-state index contributed by atoms with van der Waals surface area (Å²) in [5.41, 5.74) is 1.37. The quantitative estimate of drug-likeness (QED) is 0.548. The highest BCUT2D eigenvalue weighted by Crippen LogP contribution is 2.44. The van der Waals surface area contributed by atoms with Crippen LogP contribution in [0.2, 0.25) is 0 Å². The molecular formula is C23H29N3O4S. The Bertz CT molecular complexity index is 1030. The number of hydrogen-bond donors (Lipinski definition) is 3. The third-order valence-corrected chi connectivity index (χ3v) is 7.03. The van der Waals surface area contributed by atoms with Gasteiger partial charge in [0.25, 0.3) is 10.0 Å². The van der Waals surface area contributed by atoms with E-state index in [0.717, 1.165) is 31.2 Å². The molecule has 1 aliphatic rings. The molecule has 0 unspecified atom stereocenters. The largest absolute Gasteiger partial charge is 0.355 e. The first-order valence-electron chi connectivity index (χ1n) is 10.6. The van der Waals surface area contributed by atoms with Crippen molar-refractivity contribution in [2.75, 3.05) is 16.6 Å². The molecule has 166 valence electrons. The van der Waals surface area contributed by atoms with Gasteiger partial charge in [0.1, 0.15) is 0 Å². The fourth-order valence-electron chi connectivity index (χ4n) is 3.62. The van der Waals surface area contributed by atoms with Gasteiger partial charge in [0.15, 0.2) is 0 Å². The molecule has 0 aromatic heterocycles. The molecule has 0 radical (unpaired) electrons. The standard InChI is InChI=1S/C23H29N3O4S/c1-3-16-24-22(28)23(14-5-15-23)17-6-8-19(9-7-17)26-31(29,30)20-12-10-18(11-13-20)25-21(27)4-2/h6-13,26H,3-5,14-16H2,1-2H3,(H,24,28)(H,25,27). The Kier molecular flexibility index (Phi) is 7.00. The van der Waals surface area contributed by atoms with Crippen LogP contribution in [0.1, 0.15) is 51.5 Å². The van der Waals surface area contributed by atoms with Crippen LogP contribution in [0.15, 0.2) is 53.4 Å². The molecule has 0 saturated heterocycles. The average molecular weight is 444 g/mol. The molecule has 0 spiro atoms. The van der Waals surface area contributed by atoms with Crippen molar-refractivity contribution in [3.8, 4) is 0 Å². The summed E-state index contributed by atoms with van der Waals surface area (Å²) in [7, 11) is -3.77. The van der Waals surface area contributed by atoms with E-state index in [2.05, 4.69) is 15.4 Å². The smallest absolute Gasteiger partial charge is 0.261 e. The Morgan fingerprint density at radius 1 is 0.935 bits per heavy atom. The van der Waals surface area contributed by atoms with Crippen LogP contribution in [0.4, 0.5) is 11.4 Å². The second-order valence-electron chi connectivity index (χ2n) is 7.80. The van der Waals surface area contributed by atoms with Crippen molar-refractivity contribution in [3.63, 3.8) is 0 Å². The lowest BCUT2D eigenvalue weighted by molar-refractivity contribution is -0.129. The normalized spacial score (nSPS) is 14.9. The van der Waals surface area contributed by atoms with Gasteiger partial charge in [-0.2, -0.15) is 0 Å². The summed E-state index contributed by atoms with van der Waals surface area (Å²) in [5.74, 6) is -0.0920. The van der Waals surface area contributed by atoms with Gasteiger partial charge in [-0.15, -0.1) is 0 Å². The van der Waals surface area contributed by atoms with Gasteiger partial charge < -0.3 is 10.6 Å². The van der Waals surface area contributed by atoms with E-state index in [1.54, 1.807) is 31.2 Å². The number of anilines is 2. The summed E-state index contributed by atoms with van der Waals surface area (Å²) >= 11 is 0. The van der Waals surface area contributed by atoms with Crippen molar-refractivity contribution in [3.05, 3.63) is 54.1 Å². The number of rotatable bonds is 9. The Balaban J connectivity index is 1.71. The highest BCUT2D eigenvalue weighted by Gasteiger charge is 2.45. The van der Waals surface area contributed by atoms with E-state index < -0.39 is 15.4 Å². The summed E-state index contributed by atoms with van der Waals surface area (Å²) in [6.45, 7) is 4.41. The van der Waals surface area contributed by atoms with Gasteiger partial charge in [0, 0.05) is 24.3 Å². The Hall–Kier alpha value is -2.87. The fourth-order valence-corrected chi connectivity index (χ4v) is 4.68. The molecule has 7 nitrogen and oxygen atoms in total. The Morgan fingerprint density at radius 3 is 2.06 bits per heavy atom. The predicted molar refractivity (Wildman–Crippen MR) is 121 cm³/mol.